The van der Waals surface area contributed by atoms with E-state index in [9.17, 15) is 0 Å². The summed E-state index contributed by atoms with van der Waals surface area (Å²) in [5.41, 5.74) is 12.2. The molecule has 0 nitrogen and oxygen atoms in total. The Morgan fingerprint density at radius 1 is 0.607 bits per heavy atom. The van der Waals surface area contributed by atoms with Crippen LogP contribution in [0.2, 0.25) is 36.3 Å². The summed E-state index contributed by atoms with van der Waals surface area (Å²) in [5, 5.41) is 3.29. The zero-order valence-electron chi connectivity index (χ0n) is 36.6. The minimum atomic E-state index is -2.85. The van der Waals surface area contributed by atoms with Gasteiger partial charge in [0.05, 0.1) is 0 Å². The molecular formula is C51H68Cl2Si2Zr. The molecule has 2 aliphatic rings. The third kappa shape index (κ3) is 8.57. The van der Waals surface area contributed by atoms with E-state index in [1.807, 2.05) is 0 Å². The van der Waals surface area contributed by atoms with Gasteiger partial charge in [0, 0.05) is 0 Å². The van der Waals surface area contributed by atoms with Crippen molar-refractivity contribution in [1.29, 1.82) is 0 Å². The van der Waals surface area contributed by atoms with E-state index in [1.54, 1.807) is 28.0 Å². The Morgan fingerprint density at radius 3 is 1.52 bits per heavy atom. The monoisotopic (exact) mass is 896 g/mol. The fourth-order valence-corrected chi connectivity index (χ4v) is 26.4. The summed E-state index contributed by atoms with van der Waals surface area (Å²) in [6.07, 6.45) is 8.43. The topological polar surface area (TPSA) is 0 Å². The van der Waals surface area contributed by atoms with E-state index >= 15 is 0 Å². The molecular weight excluding hydrogens is 831 g/mol. The van der Waals surface area contributed by atoms with Crippen LogP contribution in [0, 0.1) is 0 Å². The minimum absolute atomic E-state index is 0. The molecule has 2 aliphatic carbocycles. The van der Waals surface area contributed by atoms with Crippen molar-refractivity contribution in [3.8, 4) is 11.1 Å². The number of fused-ring (bicyclic) bond motifs is 3. The normalized spacial score (nSPS) is 14.9. The van der Waals surface area contributed by atoms with E-state index in [1.165, 1.54) is 69.6 Å². The van der Waals surface area contributed by atoms with Crippen molar-refractivity contribution in [3.63, 3.8) is 0 Å². The van der Waals surface area contributed by atoms with E-state index in [0.717, 1.165) is 6.42 Å². The first kappa shape index (κ1) is 46.8. The van der Waals surface area contributed by atoms with Gasteiger partial charge in [0.2, 0.25) is 0 Å². The zero-order valence-corrected chi connectivity index (χ0v) is 42.6. The first-order valence-electron chi connectivity index (χ1n) is 21.3. The van der Waals surface area contributed by atoms with Crippen LogP contribution in [0.5, 0.6) is 0 Å². The van der Waals surface area contributed by atoms with E-state index < -0.39 is 37.4 Å². The van der Waals surface area contributed by atoms with Crippen LogP contribution in [-0.4, -0.2) is 19.4 Å². The van der Waals surface area contributed by atoms with Crippen LogP contribution in [0.3, 0.4) is 0 Å². The molecule has 1 atom stereocenters. The number of benzene rings is 4. The molecule has 4 aromatic rings. The van der Waals surface area contributed by atoms with Gasteiger partial charge < -0.3 is 24.8 Å². The van der Waals surface area contributed by atoms with Gasteiger partial charge >= 0.3 is 342 Å². The molecule has 0 spiro atoms. The number of allylic oxidation sites excluding steroid dienone is 4. The van der Waals surface area contributed by atoms with Crippen LogP contribution in [-0.2, 0) is 32.1 Å². The molecule has 4 aromatic carbocycles. The predicted molar refractivity (Wildman–Crippen MR) is 243 cm³/mol. The summed E-state index contributed by atoms with van der Waals surface area (Å²) >= 11 is -2.85. The Bertz CT molecular complexity index is 1980. The molecule has 56 heavy (non-hydrogen) atoms. The van der Waals surface area contributed by atoms with Gasteiger partial charge in [-0.3, -0.25) is 0 Å². The van der Waals surface area contributed by atoms with Crippen molar-refractivity contribution in [2.24, 2.45) is 0 Å². The SMILES string of the molecule is CC[Si](CC)(CC)c1ccc([C](c2ccc([Si](CC)(CC)CC)cc2)=[Zr+2]([C]2=CC=CC2)[CH]2c3ccc(C(C)(C)C)cc3-c3cccc(C(C)(C)C)c32)cc1.[Cl-].[Cl-]. The quantitative estimate of drug-likeness (QED) is 0.129. The third-order valence-corrected chi connectivity index (χ3v) is 33.5. The maximum absolute atomic E-state index is 2.85. The summed E-state index contributed by atoms with van der Waals surface area (Å²) in [5.74, 6) is 0. The molecule has 0 bridgehead atoms. The number of halogens is 2. The van der Waals surface area contributed by atoms with Gasteiger partial charge in [0.1, 0.15) is 0 Å². The van der Waals surface area contributed by atoms with Gasteiger partial charge in [-0.2, -0.15) is 0 Å². The summed E-state index contributed by atoms with van der Waals surface area (Å²) in [6.45, 7) is 29.0. The van der Waals surface area contributed by atoms with Crippen molar-refractivity contribution in [1.82, 2.24) is 0 Å². The summed E-state index contributed by atoms with van der Waals surface area (Å²) in [4.78, 5) is 0. The van der Waals surface area contributed by atoms with Crippen molar-refractivity contribution >= 4 is 29.7 Å². The molecule has 0 radical (unpaired) electrons. The first-order valence-corrected chi connectivity index (χ1v) is 30.4. The molecule has 1 unspecified atom stereocenters. The molecule has 0 saturated carbocycles. The second-order valence-electron chi connectivity index (χ2n) is 18.5. The average molecular weight is 899 g/mol. The minimum Gasteiger partial charge on any atom is -1.00 e. The molecule has 0 saturated heterocycles. The van der Waals surface area contributed by atoms with Gasteiger partial charge in [-0.05, 0) is 0 Å². The summed E-state index contributed by atoms with van der Waals surface area (Å²) in [6, 6.07) is 43.3. The zero-order chi connectivity index (χ0) is 39.1. The number of hydrogen-bond donors (Lipinski definition) is 0. The molecule has 0 aliphatic heterocycles. The van der Waals surface area contributed by atoms with Crippen molar-refractivity contribution in [2.75, 3.05) is 0 Å². The van der Waals surface area contributed by atoms with Gasteiger partial charge in [0.25, 0.3) is 0 Å². The van der Waals surface area contributed by atoms with Crippen LogP contribution >= 0.6 is 0 Å². The Balaban J connectivity index is 0.00000348. The van der Waals surface area contributed by atoms with Crippen molar-refractivity contribution in [3.05, 3.63) is 140 Å². The van der Waals surface area contributed by atoms with Crippen LogP contribution in [0.25, 0.3) is 11.1 Å². The maximum Gasteiger partial charge on any atom is -1.00 e. The van der Waals surface area contributed by atoms with Crippen molar-refractivity contribution in [2.45, 2.75) is 140 Å². The molecule has 0 amide bonds. The van der Waals surface area contributed by atoms with Crippen LogP contribution in [0.15, 0.2) is 106 Å². The summed E-state index contributed by atoms with van der Waals surface area (Å²) < 4.78 is 3.83. The average Bonchev–Trinajstić information content (AvgIpc) is 3.82. The van der Waals surface area contributed by atoms with E-state index in [-0.39, 0.29) is 35.6 Å². The van der Waals surface area contributed by atoms with Gasteiger partial charge in [-0.25, -0.2) is 0 Å². The van der Waals surface area contributed by atoms with Crippen molar-refractivity contribution < 1.29 is 46.1 Å². The Hall–Kier alpha value is -1.87. The van der Waals surface area contributed by atoms with Crippen LogP contribution in [0.4, 0.5) is 0 Å². The first-order chi connectivity index (χ1) is 25.7. The molecule has 0 heterocycles. The predicted octanol–water partition coefficient (Wildman–Crippen LogP) is 7.52. The number of hydrogen-bond acceptors (Lipinski definition) is 0. The Morgan fingerprint density at radius 2 is 1.11 bits per heavy atom. The Kier molecular flexibility index (Phi) is 15.5. The van der Waals surface area contributed by atoms with E-state index in [4.69, 9.17) is 0 Å². The molecule has 298 valence electrons. The second-order valence-corrected chi connectivity index (χ2v) is 35.2. The number of rotatable bonds is 12. The van der Waals surface area contributed by atoms with Gasteiger partial charge in [-0.15, -0.1) is 0 Å². The van der Waals surface area contributed by atoms with E-state index in [0.29, 0.717) is 3.63 Å². The maximum atomic E-state index is 2.57. The largest absolute Gasteiger partial charge is 1.00 e. The Labute approximate surface area is 364 Å². The molecule has 6 rings (SSSR count). The molecule has 0 N–H and O–H groups in total. The fraction of sp³-hybridized carbons (Fsp3) is 0.431. The van der Waals surface area contributed by atoms with Gasteiger partial charge in [-0.1, -0.05) is 0 Å². The molecule has 0 fully saturated rings. The van der Waals surface area contributed by atoms with Crippen LogP contribution in [0.1, 0.15) is 127 Å². The standard InChI is InChI=1S/C25H38Si2.C21H25.C5H5.2ClH.Zr/c1-7-26(8-2,9-3)24-17-13-22(14-18-24)21-23-15-19-25(20-16-23)27(10-4,11-5)12-6;1-20(2,3)15-11-10-14-12-18-16(17(14)13-15)8-7-9-19(18)21(4,5)6;1-2-4-5-3-1;;;/h13-20H,7-12H2,1-6H3;7-13H,1-6H3;1-3H,4H2;2*1H;/q;;;;;+2/p-2. The second kappa shape index (κ2) is 18.6. The summed E-state index contributed by atoms with van der Waals surface area (Å²) in [7, 11) is -3.01. The fourth-order valence-electron chi connectivity index (χ4n) is 10.0. The smallest absolute Gasteiger partial charge is 1.00 e. The van der Waals surface area contributed by atoms with Gasteiger partial charge in [0.15, 0.2) is 0 Å². The third-order valence-electron chi connectivity index (χ3n) is 14.0. The molecule has 0 aromatic heterocycles. The van der Waals surface area contributed by atoms with E-state index in [2.05, 4.69) is 186 Å². The molecule has 5 heteroatoms. The van der Waals surface area contributed by atoms with Crippen LogP contribution < -0.4 is 35.2 Å².